The van der Waals surface area contributed by atoms with Crippen LogP contribution in [0.2, 0.25) is 0 Å². The Labute approximate surface area is 198 Å². The first-order chi connectivity index (χ1) is 16.0. The van der Waals surface area contributed by atoms with E-state index in [2.05, 4.69) is 10.4 Å². The molecule has 1 heterocycles. The number of nitrogens with zero attached hydrogens (tertiary/aromatic N) is 2. The molecule has 34 heavy (non-hydrogen) atoms. The van der Waals surface area contributed by atoms with Crippen LogP contribution in [0.1, 0.15) is 63.1 Å². The summed E-state index contributed by atoms with van der Waals surface area (Å²) >= 11 is 0. The molecule has 2 rings (SSSR count). The molecule has 0 aliphatic heterocycles. The van der Waals surface area contributed by atoms with Crippen molar-refractivity contribution in [3.8, 4) is 0 Å². The number of ether oxygens (including phenoxy) is 1. The predicted octanol–water partition coefficient (Wildman–Crippen LogP) is 2.85. The molecule has 0 fully saturated rings. The van der Waals surface area contributed by atoms with E-state index >= 15 is 0 Å². The number of ketones is 1. The lowest BCUT2D eigenvalue weighted by Gasteiger charge is -2.23. The number of alkyl halides is 1. The predicted molar refractivity (Wildman–Crippen MR) is 125 cm³/mol. The number of halogens is 1. The fourth-order valence-corrected chi connectivity index (χ4v) is 3.50. The number of hydrogen-bond acceptors (Lipinski definition) is 6. The van der Waals surface area contributed by atoms with Crippen molar-refractivity contribution < 1.29 is 23.5 Å². The largest absolute Gasteiger partial charge is 0.460 e. The molecule has 2 aromatic rings. The number of aromatic nitrogens is 2. The van der Waals surface area contributed by atoms with Crippen LogP contribution in [-0.4, -0.2) is 45.8 Å². The Kier molecular flexibility index (Phi) is 9.23. The molecule has 8 nitrogen and oxygen atoms in total. The summed E-state index contributed by atoms with van der Waals surface area (Å²) in [4.78, 5) is 50.4. The third-order valence-corrected chi connectivity index (χ3v) is 5.25. The van der Waals surface area contributed by atoms with E-state index in [0.717, 1.165) is 11.1 Å². The Balaban J connectivity index is 2.26. The summed E-state index contributed by atoms with van der Waals surface area (Å²) in [6.45, 7) is 7.52. The van der Waals surface area contributed by atoms with Crippen molar-refractivity contribution in [1.29, 1.82) is 0 Å². The molecule has 0 saturated heterocycles. The molecule has 0 radical (unpaired) electrons. The van der Waals surface area contributed by atoms with Gasteiger partial charge in [0.1, 0.15) is 18.3 Å². The maximum atomic E-state index is 13.1. The monoisotopic (exact) mass is 473 g/mol. The first kappa shape index (κ1) is 26.9. The van der Waals surface area contributed by atoms with Gasteiger partial charge in [-0.3, -0.25) is 19.2 Å². The molecule has 0 saturated carbocycles. The number of carbonyl (C=O) groups excluding carboxylic acids is 3. The lowest BCUT2D eigenvalue weighted by Crippen LogP contribution is -2.46. The van der Waals surface area contributed by atoms with E-state index in [1.165, 1.54) is 16.9 Å². The van der Waals surface area contributed by atoms with Crippen LogP contribution in [0, 0.1) is 6.92 Å². The molecular formula is C25H32FN3O5. The topological polar surface area (TPSA) is 107 Å². The van der Waals surface area contributed by atoms with Gasteiger partial charge in [-0.25, -0.2) is 9.07 Å². The number of Topliss-reactive ketones (excluding diaryl/α,β-unsaturated/α-hetero) is 1. The smallest absolute Gasteiger partial charge is 0.308 e. The third-order valence-electron chi connectivity index (χ3n) is 5.25. The Morgan fingerprint density at radius 1 is 1.18 bits per heavy atom. The Hall–Kier alpha value is -3.36. The van der Waals surface area contributed by atoms with Crippen LogP contribution in [0.15, 0.2) is 41.3 Å². The zero-order valence-corrected chi connectivity index (χ0v) is 20.3. The first-order valence-electron chi connectivity index (χ1n) is 11.2. The molecule has 1 aromatic carbocycles. The lowest BCUT2D eigenvalue weighted by atomic mass is 9.96. The van der Waals surface area contributed by atoms with Gasteiger partial charge in [-0.15, -0.1) is 0 Å². The Bertz CT molecular complexity index is 1090. The fourth-order valence-electron chi connectivity index (χ4n) is 3.50. The molecular weight excluding hydrogens is 441 g/mol. The van der Waals surface area contributed by atoms with Crippen LogP contribution >= 0.6 is 0 Å². The number of amides is 1. The molecule has 1 amide bonds. The van der Waals surface area contributed by atoms with E-state index in [-0.39, 0.29) is 18.5 Å². The van der Waals surface area contributed by atoms with Gasteiger partial charge in [0, 0.05) is 11.8 Å². The van der Waals surface area contributed by atoms with Gasteiger partial charge in [0.05, 0.1) is 18.9 Å². The number of esters is 1. The summed E-state index contributed by atoms with van der Waals surface area (Å²) in [5.74, 6) is -3.24. The summed E-state index contributed by atoms with van der Waals surface area (Å²) < 4.78 is 19.6. The number of hydrogen-bond donors (Lipinski definition) is 1. The minimum Gasteiger partial charge on any atom is -0.460 e. The number of nitrogens with one attached hydrogen (secondary N) is 1. The van der Waals surface area contributed by atoms with E-state index < -0.39 is 53.9 Å². The number of carbonyl (C=O) groups is 3. The molecule has 0 spiro atoms. The lowest BCUT2D eigenvalue weighted by molar-refractivity contribution is -0.156. The maximum absolute atomic E-state index is 13.1. The van der Waals surface area contributed by atoms with Crippen molar-refractivity contribution in [2.24, 2.45) is 0 Å². The highest BCUT2D eigenvalue weighted by molar-refractivity contribution is 5.94. The van der Waals surface area contributed by atoms with Crippen LogP contribution in [-0.2, 0) is 25.7 Å². The van der Waals surface area contributed by atoms with Crippen molar-refractivity contribution in [2.75, 3.05) is 6.67 Å². The molecule has 9 heteroatoms. The van der Waals surface area contributed by atoms with Crippen molar-refractivity contribution in [3.05, 3.63) is 63.6 Å². The van der Waals surface area contributed by atoms with Crippen LogP contribution < -0.4 is 10.9 Å². The van der Waals surface area contributed by atoms with Crippen molar-refractivity contribution >= 4 is 17.7 Å². The second kappa shape index (κ2) is 11.7. The highest BCUT2D eigenvalue weighted by Gasteiger charge is 2.30. The van der Waals surface area contributed by atoms with Gasteiger partial charge in [-0.1, -0.05) is 31.2 Å². The fraction of sp³-hybridized carbons (Fsp3) is 0.480. The molecule has 2 unspecified atom stereocenters. The van der Waals surface area contributed by atoms with Crippen LogP contribution in [0.4, 0.5) is 4.39 Å². The zero-order chi connectivity index (χ0) is 25.5. The summed E-state index contributed by atoms with van der Waals surface area (Å²) in [5, 5.41) is 6.58. The average Bonchev–Trinajstić information content (AvgIpc) is 2.75. The summed E-state index contributed by atoms with van der Waals surface area (Å²) in [7, 11) is 0. The Morgan fingerprint density at radius 2 is 1.85 bits per heavy atom. The minimum absolute atomic E-state index is 0.201. The van der Waals surface area contributed by atoms with E-state index in [4.69, 9.17) is 4.74 Å². The first-order valence-corrected chi connectivity index (χ1v) is 11.2. The van der Waals surface area contributed by atoms with Crippen LogP contribution in [0.25, 0.3) is 0 Å². The van der Waals surface area contributed by atoms with Gasteiger partial charge in [0.15, 0.2) is 5.78 Å². The van der Waals surface area contributed by atoms with Crippen molar-refractivity contribution in [3.63, 3.8) is 0 Å². The van der Waals surface area contributed by atoms with E-state index in [0.29, 0.717) is 0 Å². The minimum atomic E-state index is -1.39. The quantitative estimate of drug-likeness (QED) is 0.532. The van der Waals surface area contributed by atoms with Gasteiger partial charge in [0.2, 0.25) is 5.91 Å². The van der Waals surface area contributed by atoms with Gasteiger partial charge >= 0.3 is 5.97 Å². The number of rotatable bonds is 10. The second-order valence-corrected chi connectivity index (χ2v) is 9.09. The standard InChI is InChI=1S/C25H32FN3O5/c1-6-18(23(32)28-20(21(30)14-26)13-22(31)34-25(3,4)5)19-11-12-27-29(24(19)33)15-17-10-8-7-9-16(17)2/h7-12,18,20H,6,13-15H2,1-5H3,(H,28,32). The molecule has 1 N–H and O–H groups in total. The van der Waals surface area contributed by atoms with E-state index in [9.17, 15) is 23.6 Å². The summed E-state index contributed by atoms with van der Waals surface area (Å²) in [6.07, 6.45) is 1.18. The Morgan fingerprint density at radius 3 is 2.44 bits per heavy atom. The highest BCUT2D eigenvalue weighted by atomic mass is 19.1. The SMILES string of the molecule is CCC(C(=O)NC(CC(=O)OC(C)(C)C)C(=O)CF)c1ccnn(Cc2ccccc2C)c1=O. The molecule has 184 valence electrons. The van der Waals surface area contributed by atoms with E-state index in [1.807, 2.05) is 31.2 Å². The third kappa shape index (κ3) is 7.33. The van der Waals surface area contributed by atoms with Gasteiger partial charge < -0.3 is 10.1 Å². The van der Waals surface area contributed by atoms with Gasteiger partial charge in [-0.2, -0.15) is 5.10 Å². The molecule has 2 atom stereocenters. The normalized spacial score (nSPS) is 13.1. The summed E-state index contributed by atoms with van der Waals surface area (Å²) in [6, 6.07) is 7.66. The number of benzene rings is 1. The average molecular weight is 474 g/mol. The van der Waals surface area contributed by atoms with Crippen molar-refractivity contribution in [1.82, 2.24) is 15.1 Å². The van der Waals surface area contributed by atoms with Crippen LogP contribution in [0.5, 0.6) is 0 Å². The maximum Gasteiger partial charge on any atom is 0.308 e. The molecule has 0 bridgehead atoms. The summed E-state index contributed by atoms with van der Waals surface area (Å²) in [5.41, 5.74) is 0.884. The van der Waals surface area contributed by atoms with Gasteiger partial charge in [-0.05, 0) is 51.3 Å². The highest BCUT2D eigenvalue weighted by Crippen LogP contribution is 2.18. The van der Waals surface area contributed by atoms with Gasteiger partial charge in [0.25, 0.3) is 5.56 Å². The second-order valence-electron chi connectivity index (χ2n) is 9.09. The van der Waals surface area contributed by atoms with E-state index in [1.54, 1.807) is 27.7 Å². The van der Waals surface area contributed by atoms with Crippen LogP contribution in [0.3, 0.4) is 0 Å². The zero-order valence-electron chi connectivity index (χ0n) is 20.3. The molecule has 0 aliphatic rings. The van der Waals surface area contributed by atoms with Crippen molar-refractivity contribution in [2.45, 2.75) is 71.6 Å². The molecule has 1 aromatic heterocycles. The molecule has 0 aliphatic carbocycles. The number of aryl methyl sites for hydroxylation is 1.